The van der Waals surface area contributed by atoms with Crippen molar-refractivity contribution >= 4 is 11.8 Å². The zero-order valence-corrected chi connectivity index (χ0v) is 13.9. The third-order valence-corrected chi connectivity index (χ3v) is 3.53. The van der Waals surface area contributed by atoms with Crippen LogP contribution in [0.15, 0.2) is 35.9 Å². The van der Waals surface area contributed by atoms with Gasteiger partial charge >= 0.3 is 0 Å². The zero-order chi connectivity index (χ0) is 16.5. The summed E-state index contributed by atoms with van der Waals surface area (Å²) in [6.07, 6.45) is 3.65. The van der Waals surface area contributed by atoms with Gasteiger partial charge in [0.05, 0.1) is 0 Å². The van der Waals surface area contributed by atoms with E-state index in [9.17, 15) is 9.59 Å². The quantitative estimate of drug-likeness (QED) is 0.760. The summed E-state index contributed by atoms with van der Waals surface area (Å²) in [6.45, 7) is 8.28. The van der Waals surface area contributed by atoms with Crippen molar-refractivity contribution in [2.75, 3.05) is 0 Å². The van der Waals surface area contributed by atoms with Gasteiger partial charge in [-0.2, -0.15) is 0 Å². The summed E-state index contributed by atoms with van der Waals surface area (Å²) < 4.78 is 0. The number of carbonyl (C=O) groups excluding carboxylic acids is 2. The van der Waals surface area contributed by atoms with Crippen LogP contribution in [0.1, 0.15) is 56.5 Å². The summed E-state index contributed by atoms with van der Waals surface area (Å²) in [5.41, 5.74) is 2.34. The molecule has 1 aromatic carbocycles. The lowest BCUT2D eigenvalue weighted by Gasteiger charge is -2.11. The molecule has 0 heterocycles. The summed E-state index contributed by atoms with van der Waals surface area (Å²) in [6, 6.07) is 7.47. The molecular formula is C18H26N2O2. The first-order valence-corrected chi connectivity index (χ1v) is 7.82. The average Bonchev–Trinajstić information content (AvgIpc) is 2.53. The van der Waals surface area contributed by atoms with Gasteiger partial charge in [0.1, 0.15) is 0 Å². The topological polar surface area (TPSA) is 58.2 Å². The van der Waals surface area contributed by atoms with Crippen molar-refractivity contribution in [2.45, 2.75) is 53.1 Å². The van der Waals surface area contributed by atoms with Gasteiger partial charge in [-0.15, -0.1) is 0 Å². The van der Waals surface area contributed by atoms with E-state index in [1.807, 2.05) is 39.0 Å². The molecule has 1 rings (SSSR count). The number of hydrogen-bond donors (Lipinski definition) is 2. The van der Waals surface area contributed by atoms with Crippen molar-refractivity contribution in [3.63, 3.8) is 0 Å². The van der Waals surface area contributed by atoms with Crippen molar-refractivity contribution in [2.24, 2.45) is 0 Å². The Balaban J connectivity index is 2.57. The zero-order valence-electron chi connectivity index (χ0n) is 13.9. The second kappa shape index (κ2) is 9.03. The van der Waals surface area contributed by atoms with E-state index >= 15 is 0 Å². The lowest BCUT2D eigenvalue weighted by atomic mass is 10.1. The van der Waals surface area contributed by atoms with Gasteiger partial charge in [0.2, 0.25) is 5.91 Å². The summed E-state index contributed by atoms with van der Waals surface area (Å²) in [4.78, 5) is 23.8. The minimum Gasteiger partial charge on any atom is -0.350 e. The monoisotopic (exact) mass is 302 g/mol. The van der Waals surface area contributed by atoms with Gasteiger partial charge < -0.3 is 10.6 Å². The third-order valence-electron chi connectivity index (χ3n) is 3.53. The number of benzene rings is 1. The maximum Gasteiger partial charge on any atom is 0.251 e. The average molecular weight is 302 g/mol. The molecule has 22 heavy (non-hydrogen) atoms. The largest absolute Gasteiger partial charge is 0.350 e. The van der Waals surface area contributed by atoms with Crippen LogP contribution in [0.4, 0.5) is 0 Å². The minimum absolute atomic E-state index is 0.0551. The Bertz CT molecular complexity index is 533. The van der Waals surface area contributed by atoms with Crippen LogP contribution in [-0.4, -0.2) is 17.9 Å². The van der Waals surface area contributed by atoms with Crippen molar-refractivity contribution in [3.8, 4) is 0 Å². The highest BCUT2D eigenvalue weighted by Crippen LogP contribution is 2.06. The van der Waals surface area contributed by atoms with Crippen molar-refractivity contribution in [3.05, 3.63) is 47.0 Å². The molecule has 0 aliphatic rings. The fourth-order valence-corrected chi connectivity index (χ4v) is 1.90. The van der Waals surface area contributed by atoms with Crippen LogP contribution in [0.25, 0.3) is 0 Å². The molecule has 0 aliphatic heterocycles. The summed E-state index contributed by atoms with van der Waals surface area (Å²) in [5.74, 6) is -0.118. The summed E-state index contributed by atoms with van der Waals surface area (Å²) >= 11 is 0. The highest BCUT2D eigenvalue weighted by Gasteiger charge is 2.08. The number of amides is 2. The SMILES string of the molecule is CC/C=C(\C)C(=O)NCc1ccc(C(=O)N[C@@H](C)CC)cc1. The standard InChI is InChI=1S/C18H26N2O2/c1-5-7-13(3)17(21)19-12-15-8-10-16(11-9-15)18(22)20-14(4)6-2/h7-11,14H,5-6,12H2,1-4H3,(H,19,21)(H,20,22)/b13-7+/t14-/m0/s1. The molecule has 4 heteroatoms. The molecule has 0 aliphatic carbocycles. The predicted molar refractivity (Wildman–Crippen MR) is 89.6 cm³/mol. The molecule has 0 fully saturated rings. The molecule has 4 nitrogen and oxygen atoms in total. The Kier molecular flexibility index (Phi) is 7.37. The molecule has 0 saturated heterocycles. The number of carbonyl (C=O) groups is 2. The van der Waals surface area contributed by atoms with Crippen LogP contribution in [0.3, 0.4) is 0 Å². The molecule has 2 N–H and O–H groups in total. The lowest BCUT2D eigenvalue weighted by Crippen LogP contribution is -2.31. The molecule has 1 atom stereocenters. The van der Waals surface area contributed by atoms with Gasteiger partial charge in [-0.3, -0.25) is 9.59 Å². The van der Waals surface area contributed by atoms with Gasteiger partial charge in [0.15, 0.2) is 0 Å². The second-order valence-electron chi connectivity index (χ2n) is 5.46. The predicted octanol–water partition coefficient (Wildman–Crippen LogP) is 3.19. The van der Waals surface area contributed by atoms with Crippen molar-refractivity contribution < 1.29 is 9.59 Å². The Labute approximate surface area is 133 Å². The van der Waals surface area contributed by atoms with E-state index in [0.29, 0.717) is 12.1 Å². The lowest BCUT2D eigenvalue weighted by molar-refractivity contribution is -0.117. The van der Waals surface area contributed by atoms with E-state index in [0.717, 1.165) is 24.0 Å². The van der Waals surface area contributed by atoms with Gasteiger partial charge in [-0.05, 0) is 44.4 Å². The third kappa shape index (κ3) is 5.72. The number of rotatable bonds is 7. The fraction of sp³-hybridized carbons (Fsp3) is 0.444. The van der Waals surface area contributed by atoms with E-state index < -0.39 is 0 Å². The molecule has 0 radical (unpaired) electrons. The van der Waals surface area contributed by atoms with Crippen LogP contribution in [0.2, 0.25) is 0 Å². The van der Waals surface area contributed by atoms with Gasteiger partial charge in [0, 0.05) is 23.7 Å². The smallest absolute Gasteiger partial charge is 0.251 e. The highest BCUT2D eigenvalue weighted by atomic mass is 16.2. The van der Waals surface area contributed by atoms with Crippen molar-refractivity contribution in [1.29, 1.82) is 0 Å². The fourth-order valence-electron chi connectivity index (χ4n) is 1.90. The molecule has 0 unspecified atom stereocenters. The van der Waals surface area contributed by atoms with Gasteiger partial charge in [-0.25, -0.2) is 0 Å². The first-order valence-electron chi connectivity index (χ1n) is 7.82. The molecule has 120 valence electrons. The molecule has 0 spiro atoms. The summed E-state index contributed by atoms with van der Waals surface area (Å²) in [5, 5.41) is 5.79. The Morgan fingerprint density at radius 3 is 2.36 bits per heavy atom. The van der Waals surface area contributed by atoms with E-state index in [-0.39, 0.29) is 17.9 Å². The van der Waals surface area contributed by atoms with Crippen LogP contribution in [0, 0.1) is 0 Å². The van der Waals surface area contributed by atoms with Crippen LogP contribution in [-0.2, 0) is 11.3 Å². The first-order chi connectivity index (χ1) is 10.5. The summed E-state index contributed by atoms with van der Waals surface area (Å²) in [7, 11) is 0. The Morgan fingerprint density at radius 2 is 1.82 bits per heavy atom. The van der Waals surface area contributed by atoms with E-state index in [2.05, 4.69) is 10.6 Å². The highest BCUT2D eigenvalue weighted by molar-refractivity contribution is 5.94. The molecule has 0 aromatic heterocycles. The van der Waals surface area contributed by atoms with E-state index in [4.69, 9.17) is 0 Å². The molecule has 0 bridgehead atoms. The number of nitrogens with one attached hydrogen (secondary N) is 2. The maximum absolute atomic E-state index is 12.0. The van der Waals surface area contributed by atoms with Gasteiger partial charge in [0.25, 0.3) is 5.91 Å². The van der Waals surface area contributed by atoms with Crippen LogP contribution < -0.4 is 10.6 Å². The first kappa shape index (κ1) is 18.0. The van der Waals surface area contributed by atoms with Crippen LogP contribution >= 0.6 is 0 Å². The molecule has 0 saturated carbocycles. The molecule has 2 amide bonds. The Hall–Kier alpha value is -2.10. The number of hydrogen-bond acceptors (Lipinski definition) is 2. The second-order valence-corrected chi connectivity index (χ2v) is 5.46. The molecular weight excluding hydrogens is 276 g/mol. The Morgan fingerprint density at radius 1 is 1.18 bits per heavy atom. The van der Waals surface area contributed by atoms with E-state index in [1.54, 1.807) is 19.1 Å². The minimum atomic E-state index is -0.0633. The van der Waals surface area contributed by atoms with Gasteiger partial charge in [-0.1, -0.05) is 32.1 Å². The maximum atomic E-state index is 12.0. The van der Waals surface area contributed by atoms with E-state index in [1.165, 1.54) is 0 Å². The normalized spacial score (nSPS) is 12.6. The molecule has 1 aromatic rings. The number of allylic oxidation sites excluding steroid dienone is 1. The van der Waals surface area contributed by atoms with Crippen molar-refractivity contribution in [1.82, 2.24) is 10.6 Å². The van der Waals surface area contributed by atoms with Crippen LogP contribution in [0.5, 0.6) is 0 Å².